The van der Waals surface area contributed by atoms with Crippen LogP contribution in [0.5, 0.6) is 0 Å². The Hall–Kier alpha value is -0.631. The van der Waals surface area contributed by atoms with E-state index in [0.717, 1.165) is 23.7 Å². The second kappa shape index (κ2) is 5.81. The average molecular weight is 316 g/mol. The van der Waals surface area contributed by atoms with Gasteiger partial charge < -0.3 is 0 Å². The van der Waals surface area contributed by atoms with Gasteiger partial charge in [0.15, 0.2) is 0 Å². The van der Waals surface area contributed by atoms with Crippen LogP contribution in [-0.4, -0.2) is 26.0 Å². The molecule has 0 amide bonds. The van der Waals surface area contributed by atoms with Crippen LogP contribution >= 0.6 is 11.6 Å². The van der Waals surface area contributed by atoms with Crippen LogP contribution in [0.3, 0.4) is 0 Å². The summed E-state index contributed by atoms with van der Waals surface area (Å²) < 4.78 is 0.959. The number of benzene rings is 1. The monoisotopic (exact) mass is 316 g/mol. The molecular weight excluding hydrogens is 303 g/mol. The molecule has 1 saturated carbocycles. The number of Topliss-reactive ketones (excluding diaryl/α,β-unsaturated/α-hetero) is 1. The molecule has 17 heavy (non-hydrogen) atoms. The topological polar surface area (TPSA) is 34.1 Å². The Balaban J connectivity index is 2.17. The van der Waals surface area contributed by atoms with Gasteiger partial charge in [-0.25, -0.2) is 0 Å². The van der Waals surface area contributed by atoms with Gasteiger partial charge in [-0.05, 0) is 0 Å². The number of carbonyl (C=O) groups is 2. The fraction of sp³-hybridized carbons (Fsp3) is 0.385. The van der Waals surface area contributed by atoms with Crippen molar-refractivity contribution in [1.29, 1.82) is 0 Å². The second-order valence-corrected chi connectivity index (χ2v) is 7.04. The Morgan fingerprint density at radius 2 is 2.06 bits per heavy atom. The van der Waals surface area contributed by atoms with Crippen molar-refractivity contribution in [2.24, 2.45) is 0 Å². The Kier molecular flexibility index (Phi) is 4.38. The van der Waals surface area contributed by atoms with E-state index in [1.165, 1.54) is 0 Å². The molecule has 0 aliphatic heterocycles. The molecule has 1 atom stereocenters. The van der Waals surface area contributed by atoms with Gasteiger partial charge in [0.25, 0.3) is 0 Å². The fourth-order valence-corrected chi connectivity index (χ4v) is 4.95. The molecule has 4 heteroatoms. The van der Waals surface area contributed by atoms with Crippen molar-refractivity contribution in [2.75, 3.05) is 0 Å². The fourth-order valence-electron chi connectivity index (χ4n) is 1.96. The molecule has 0 radical (unpaired) electrons. The van der Waals surface area contributed by atoms with E-state index in [1.54, 1.807) is 12.1 Å². The number of hydrogen-bond donors (Lipinski definition) is 0. The number of carbonyl (C=O) groups excluding carboxylic acids is 2. The first-order chi connectivity index (χ1) is 8.18. The summed E-state index contributed by atoms with van der Waals surface area (Å²) >= 11 is 5.58. The van der Waals surface area contributed by atoms with Crippen LogP contribution in [0.2, 0.25) is 4.82 Å². The van der Waals surface area contributed by atoms with Crippen LogP contribution in [0.4, 0.5) is 0 Å². The van der Waals surface area contributed by atoms with E-state index in [1.807, 2.05) is 12.1 Å². The number of rotatable bonds is 3. The van der Waals surface area contributed by atoms with Gasteiger partial charge in [0.05, 0.1) is 0 Å². The van der Waals surface area contributed by atoms with Gasteiger partial charge in [-0.2, -0.15) is 0 Å². The van der Waals surface area contributed by atoms with Crippen molar-refractivity contribution in [3.05, 3.63) is 29.8 Å². The van der Waals surface area contributed by atoms with Crippen LogP contribution in [-0.2, 0) is 4.79 Å². The summed E-state index contributed by atoms with van der Waals surface area (Å²) in [6, 6.07) is 7.35. The van der Waals surface area contributed by atoms with Gasteiger partial charge in [0.1, 0.15) is 0 Å². The molecule has 0 N–H and O–H groups in total. The van der Waals surface area contributed by atoms with E-state index in [-0.39, 0.29) is 19.8 Å². The third-order valence-corrected chi connectivity index (χ3v) is 5.99. The molecule has 1 fully saturated rings. The molecule has 2 rings (SSSR count). The zero-order chi connectivity index (χ0) is 12.3. The van der Waals surface area contributed by atoms with E-state index in [9.17, 15) is 9.59 Å². The first-order valence-corrected chi connectivity index (χ1v) is 7.89. The predicted molar refractivity (Wildman–Crippen MR) is 69.2 cm³/mol. The Morgan fingerprint density at radius 1 is 1.29 bits per heavy atom. The summed E-state index contributed by atoms with van der Waals surface area (Å²) in [4.78, 5) is 23.2. The quantitative estimate of drug-likeness (QED) is 0.634. The Labute approximate surface area is 112 Å². The van der Waals surface area contributed by atoms with Crippen molar-refractivity contribution in [1.82, 2.24) is 0 Å². The molecule has 1 aliphatic carbocycles. The van der Waals surface area contributed by atoms with Gasteiger partial charge in [-0.15, -0.1) is 0 Å². The summed E-state index contributed by atoms with van der Waals surface area (Å²) in [5, 5.41) is -0.425. The van der Waals surface area contributed by atoms with Gasteiger partial charge in [-0.1, -0.05) is 0 Å². The van der Waals surface area contributed by atoms with Gasteiger partial charge in [-0.3, -0.25) is 0 Å². The zero-order valence-corrected chi connectivity index (χ0v) is 11.8. The van der Waals surface area contributed by atoms with Gasteiger partial charge in [0, 0.05) is 0 Å². The van der Waals surface area contributed by atoms with Crippen molar-refractivity contribution in [3.63, 3.8) is 0 Å². The summed E-state index contributed by atoms with van der Waals surface area (Å²) in [5.74, 6) is 0.355. The zero-order valence-electron chi connectivity index (χ0n) is 9.32. The molecule has 1 unspecified atom stereocenters. The van der Waals surface area contributed by atoms with E-state index in [0.29, 0.717) is 17.8 Å². The van der Waals surface area contributed by atoms with Crippen LogP contribution in [0, 0.1) is 0 Å². The molecule has 1 aliphatic rings. The number of hydrogen-bond acceptors (Lipinski definition) is 2. The minimum atomic E-state index is -0.425. The average Bonchev–Trinajstić information content (AvgIpc) is 2.32. The molecule has 0 bridgehead atoms. The van der Waals surface area contributed by atoms with Gasteiger partial charge >= 0.3 is 112 Å². The summed E-state index contributed by atoms with van der Waals surface area (Å²) in [6.45, 7) is 0. The van der Waals surface area contributed by atoms with Gasteiger partial charge in [0.2, 0.25) is 0 Å². The molecular formula is C13H13ClO2Se. The first-order valence-electron chi connectivity index (χ1n) is 5.66. The molecule has 1 aromatic carbocycles. The van der Waals surface area contributed by atoms with Crippen LogP contribution in [0.15, 0.2) is 24.3 Å². The molecule has 1 aromatic rings. The number of ketones is 1. The minimum absolute atomic E-state index is 0.0264. The maximum absolute atomic E-state index is 11.8. The summed E-state index contributed by atoms with van der Waals surface area (Å²) in [6.07, 6.45) is 3.80. The van der Waals surface area contributed by atoms with Crippen molar-refractivity contribution >= 4 is 42.0 Å². The van der Waals surface area contributed by atoms with Crippen LogP contribution in [0.25, 0.3) is 0 Å². The third-order valence-electron chi connectivity index (χ3n) is 2.87. The summed E-state index contributed by atoms with van der Waals surface area (Å²) in [7, 11) is 0. The normalized spacial score (nSPS) is 20.3. The Morgan fingerprint density at radius 3 is 2.76 bits per heavy atom. The van der Waals surface area contributed by atoms with E-state index >= 15 is 0 Å². The van der Waals surface area contributed by atoms with E-state index in [2.05, 4.69) is 0 Å². The molecule has 0 aromatic heterocycles. The SMILES string of the molecule is O=C(Cl)c1ccccc1[Se]C1CCCCC1=O. The standard InChI is InChI=1S/C13H13ClO2Se/c14-13(16)9-5-1-3-7-11(9)17-12-8-4-2-6-10(12)15/h1,3,5,7,12H,2,4,6,8H2. The van der Waals surface area contributed by atoms with Crippen molar-refractivity contribution in [3.8, 4) is 0 Å². The Bertz CT molecular complexity index is 445. The first kappa shape index (κ1) is 12.8. The van der Waals surface area contributed by atoms with Crippen molar-refractivity contribution < 1.29 is 9.59 Å². The van der Waals surface area contributed by atoms with E-state index < -0.39 is 5.24 Å². The van der Waals surface area contributed by atoms with Crippen molar-refractivity contribution in [2.45, 2.75) is 30.5 Å². The van der Waals surface area contributed by atoms with Crippen LogP contribution < -0.4 is 4.46 Å². The third kappa shape index (κ3) is 3.18. The second-order valence-electron chi connectivity index (χ2n) is 4.09. The predicted octanol–water partition coefficient (Wildman–Crippen LogP) is 2.33. The maximum atomic E-state index is 11.8. The molecule has 0 saturated heterocycles. The molecule has 0 heterocycles. The van der Waals surface area contributed by atoms with Crippen LogP contribution in [0.1, 0.15) is 36.0 Å². The molecule has 90 valence electrons. The molecule has 0 spiro atoms. The molecule has 2 nitrogen and oxygen atoms in total. The summed E-state index contributed by atoms with van der Waals surface area (Å²) in [5.41, 5.74) is 0.563. The van der Waals surface area contributed by atoms with E-state index in [4.69, 9.17) is 11.6 Å². The number of halogens is 1.